The van der Waals surface area contributed by atoms with E-state index in [2.05, 4.69) is 58.6 Å². The van der Waals surface area contributed by atoms with E-state index in [0.29, 0.717) is 18.0 Å². The second-order valence-electron chi connectivity index (χ2n) is 7.46. The lowest BCUT2D eigenvalue weighted by molar-refractivity contribution is 0.214. The van der Waals surface area contributed by atoms with E-state index in [-0.39, 0.29) is 5.82 Å². The molecule has 1 fully saturated rings. The van der Waals surface area contributed by atoms with Crippen molar-refractivity contribution in [2.24, 2.45) is 5.73 Å². The van der Waals surface area contributed by atoms with Crippen LogP contribution in [0.25, 0.3) is 21.7 Å². The summed E-state index contributed by atoms with van der Waals surface area (Å²) in [6.07, 6.45) is 2.11. The van der Waals surface area contributed by atoms with Crippen molar-refractivity contribution in [2.45, 2.75) is 18.8 Å². The Balaban J connectivity index is 0.000000171. The highest BCUT2D eigenvalue weighted by Crippen LogP contribution is 2.32. The Morgan fingerprint density at radius 3 is 2.17 bits per heavy atom. The molecule has 0 aliphatic carbocycles. The average Bonchev–Trinajstić information content (AvgIpc) is 3.18. The molecule has 1 aromatic heterocycles. The Hall–Kier alpha value is -2.76. The molecule has 0 unspecified atom stereocenters. The molecule has 1 aliphatic rings. The Morgan fingerprint density at radius 2 is 1.59 bits per heavy atom. The van der Waals surface area contributed by atoms with Gasteiger partial charge in [0.25, 0.3) is 0 Å². The van der Waals surface area contributed by atoms with Gasteiger partial charge in [-0.1, -0.05) is 53.7 Å². The maximum absolute atomic E-state index is 13.1. The summed E-state index contributed by atoms with van der Waals surface area (Å²) in [5, 5.41) is 7.71. The Morgan fingerprint density at radius 1 is 0.966 bits per heavy atom. The Labute approximate surface area is 170 Å². The molecule has 2 N–H and O–H groups in total. The van der Waals surface area contributed by atoms with Gasteiger partial charge in [-0.3, -0.25) is 0 Å². The third-order valence-corrected chi connectivity index (χ3v) is 5.54. The van der Waals surface area contributed by atoms with Crippen LogP contribution in [0.1, 0.15) is 24.5 Å². The normalized spacial score (nSPS) is 15.4. The maximum Gasteiger partial charge on any atom is 0.170 e. The molecular formula is C24H26FN3O. The first-order valence-electron chi connectivity index (χ1n) is 10.2. The molecule has 0 radical (unpaired) electrons. The number of benzene rings is 3. The van der Waals surface area contributed by atoms with Crippen LogP contribution in [0.4, 0.5) is 4.39 Å². The maximum atomic E-state index is 13.1. The predicted molar refractivity (Wildman–Crippen MR) is 115 cm³/mol. The summed E-state index contributed by atoms with van der Waals surface area (Å²) in [6.45, 7) is 3.74. The number of nitrogens with two attached hydrogens (primary N) is 1. The molecule has 4 aromatic rings. The largest absolute Gasteiger partial charge is 0.356 e. The highest BCUT2D eigenvalue weighted by molar-refractivity contribution is 5.82. The fraction of sp³-hybridized carbons (Fsp3) is 0.292. The van der Waals surface area contributed by atoms with E-state index in [1.807, 2.05) is 0 Å². The number of hydrogen-bond acceptors (Lipinski definition) is 4. The molecular weight excluding hydrogens is 365 g/mol. The number of fused-ring (bicyclic) bond motifs is 2. The van der Waals surface area contributed by atoms with E-state index in [9.17, 15) is 4.39 Å². The number of rotatable bonds is 3. The molecule has 150 valence electrons. The zero-order valence-corrected chi connectivity index (χ0v) is 16.4. The second-order valence-corrected chi connectivity index (χ2v) is 7.46. The van der Waals surface area contributed by atoms with E-state index in [0.717, 1.165) is 43.6 Å². The van der Waals surface area contributed by atoms with Gasteiger partial charge in [0, 0.05) is 30.5 Å². The van der Waals surface area contributed by atoms with E-state index in [1.165, 1.54) is 22.9 Å². The van der Waals surface area contributed by atoms with Gasteiger partial charge in [-0.15, -0.1) is 0 Å². The topological polar surface area (TPSA) is 55.3 Å². The average molecular weight is 391 g/mol. The molecule has 0 amide bonds. The van der Waals surface area contributed by atoms with E-state index in [4.69, 9.17) is 10.3 Å². The molecule has 1 saturated heterocycles. The Bertz CT molecular complexity index is 1000. The molecule has 0 bridgehead atoms. The molecule has 3 aromatic carbocycles. The van der Waals surface area contributed by atoms with Gasteiger partial charge in [0.1, 0.15) is 5.82 Å². The number of aromatic nitrogens is 1. The number of hydrogen-bond donors (Lipinski definition) is 1. The summed E-state index contributed by atoms with van der Waals surface area (Å²) in [5.41, 5.74) is 7.09. The monoisotopic (exact) mass is 391 g/mol. The highest BCUT2D eigenvalue weighted by atomic mass is 19.1. The van der Waals surface area contributed by atoms with Crippen LogP contribution in [-0.4, -0.2) is 36.2 Å². The Kier molecular flexibility index (Phi) is 6.17. The lowest BCUT2D eigenvalue weighted by atomic mass is 9.91. The molecule has 0 atom stereocenters. The minimum atomic E-state index is -0.284. The first kappa shape index (κ1) is 19.6. The van der Waals surface area contributed by atoms with Crippen molar-refractivity contribution < 1.29 is 8.91 Å². The third-order valence-electron chi connectivity index (χ3n) is 5.54. The van der Waals surface area contributed by atoms with Gasteiger partial charge in [-0.25, -0.2) is 4.39 Å². The van der Waals surface area contributed by atoms with Gasteiger partial charge in [0.2, 0.25) is 0 Å². The van der Waals surface area contributed by atoms with Crippen molar-refractivity contribution in [3.63, 3.8) is 0 Å². The highest BCUT2D eigenvalue weighted by Gasteiger charge is 2.24. The fourth-order valence-corrected chi connectivity index (χ4v) is 3.97. The van der Waals surface area contributed by atoms with Crippen LogP contribution in [0, 0.1) is 5.82 Å². The van der Waals surface area contributed by atoms with Gasteiger partial charge >= 0.3 is 0 Å². The van der Waals surface area contributed by atoms with Crippen LogP contribution < -0.4 is 5.73 Å². The predicted octanol–water partition coefficient (Wildman–Crippen LogP) is 4.94. The van der Waals surface area contributed by atoms with Gasteiger partial charge in [0.05, 0.1) is 5.69 Å². The number of nitrogens with zero attached hydrogens (tertiary/aromatic N) is 2. The second kappa shape index (κ2) is 9.16. The van der Waals surface area contributed by atoms with E-state index < -0.39 is 0 Å². The van der Waals surface area contributed by atoms with Crippen molar-refractivity contribution >= 4 is 21.7 Å². The van der Waals surface area contributed by atoms with Crippen molar-refractivity contribution in [2.75, 3.05) is 26.2 Å². The zero-order chi connectivity index (χ0) is 20.1. The zero-order valence-electron chi connectivity index (χ0n) is 16.4. The van der Waals surface area contributed by atoms with Crippen LogP contribution in [0.5, 0.6) is 0 Å². The summed E-state index contributed by atoms with van der Waals surface area (Å²) >= 11 is 0. The summed E-state index contributed by atoms with van der Waals surface area (Å²) in [6, 6.07) is 21.3. The van der Waals surface area contributed by atoms with Crippen LogP contribution >= 0.6 is 0 Å². The summed E-state index contributed by atoms with van der Waals surface area (Å²) in [4.78, 5) is 2.37. The van der Waals surface area contributed by atoms with Gasteiger partial charge < -0.3 is 15.2 Å². The van der Waals surface area contributed by atoms with Gasteiger partial charge in [-0.2, -0.15) is 0 Å². The number of halogens is 1. The molecule has 0 spiro atoms. The van der Waals surface area contributed by atoms with Crippen molar-refractivity contribution in [1.82, 2.24) is 10.1 Å². The standard InChI is InChI=1S/C14H18FN3O.C10H8/c15-11-1-2-12-13(9-11)19-17-14(12)10-3-6-18(7-4-10)8-5-16;1-2-6-10-8-4-3-7-9(10)5-1/h1-2,9-10H,3-8,16H2;1-8H. The van der Waals surface area contributed by atoms with Gasteiger partial charge in [-0.05, 0) is 48.8 Å². The number of likely N-dealkylation sites (tertiary alicyclic amines) is 1. The first-order valence-corrected chi connectivity index (χ1v) is 10.2. The minimum absolute atomic E-state index is 0.284. The lowest BCUT2D eigenvalue weighted by Gasteiger charge is -2.30. The van der Waals surface area contributed by atoms with Crippen LogP contribution in [0.3, 0.4) is 0 Å². The lowest BCUT2D eigenvalue weighted by Crippen LogP contribution is -2.36. The SMILES string of the molecule is NCCN1CCC(c2noc3cc(F)ccc23)CC1.c1ccc2ccccc2c1. The quantitative estimate of drug-likeness (QED) is 0.537. The van der Waals surface area contributed by atoms with Gasteiger partial charge in [0.15, 0.2) is 5.58 Å². The molecule has 29 heavy (non-hydrogen) atoms. The summed E-state index contributed by atoms with van der Waals surface area (Å²) < 4.78 is 18.4. The van der Waals surface area contributed by atoms with Crippen LogP contribution in [0.2, 0.25) is 0 Å². The van der Waals surface area contributed by atoms with Crippen molar-refractivity contribution in [3.8, 4) is 0 Å². The molecule has 2 heterocycles. The van der Waals surface area contributed by atoms with Crippen molar-refractivity contribution in [3.05, 3.63) is 78.2 Å². The molecule has 1 aliphatic heterocycles. The fourth-order valence-electron chi connectivity index (χ4n) is 3.97. The summed E-state index contributed by atoms with van der Waals surface area (Å²) in [5.74, 6) is 0.119. The minimum Gasteiger partial charge on any atom is -0.356 e. The number of piperidine rings is 1. The molecule has 5 rings (SSSR count). The molecule has 5 heteroatoms. The van der Waals surface area contributed by atoms with Crippen LogP contribution in [0.15, 0.2) is 71.3 Å². The van der Waals surface area contributed by atoms with E-state index in [1.54, 1.807) is 6.07 Å². The first-order chi connectivity index (χ1) is 14.2. The smallest absolute Gasteiger partial charge is 0.170 e. The van der Waals surface area contributed by atoms with Crippen LogP contribution in [-0.2, 0) is 0 Å². The summed E-state index contributed by atoms with van der Waals surface area (Å²) in [7, 11) is 0. The molecule has 4 nitrogen and oxygen atoms in total. The molecule has 0 saturated carbocycles. The van der Waals surface area contributed by atoms with Crippen molar-refractivity contribution in [1.29, 1.82) is 0 Å². The third kappa shape index (κ3) is 4.63. The van der Waals surface area contributed by atoms with E-state index >= 15 is 0 Å².